The Kier molecular flexibility index (Phi) is 5.78. The minimum Gasteiger partial charge on any atom is -0.456 e. The molecule has 220 valence electrons. The molecule has 0 atom stereocenters. The SMILES string of the molecule is c1ccc(-c2ccc3c(ccc4cc(N(c5ccc6oc7ccccc7c6c5)c5cccc6sc7ccccc7c56)ccc43)c2)cc1. The van der Waals surface area contributed by atoms with Crippen molar-refractivity contribution in [2.24, 2.45) is 0 Å². The molecule has 2 aromatic heterocycles. The average Bonchev–Trinajstić information content (AvgIpc) is 3.70. The first-order valence-corrected chi connectivity index (χ1v) is 16.7. The second-order valence-corrected chi connectivity index (χ2v) is 13.2. The van der Waals surface area contributed by atoms with Crippen molar-refractivity contribution in [1.82, 2.24) is 0 Å². The number of benzene rings is 8. The minimum absolute atomic E-state index is 0.897. The molecule has 0 saturated carbocycles. The van der Waals surface area contributed by atoms with Gasteiger partial charge in [0.15, 0.2) is 0 Å². The molecule has 10 rings (SSSR count). The number of fused-ring (bicyclic) bond motifs is 9. The molecule has 0 bridgehead atoms. The van der Waals surface area contributed by atoms with Crippen molar-refractivity contribution < 1.29 is 4.42 Å². The van der Waals surface area contributed by atoms with Gasteiger partial charge in [0.1, 0.15) is 11.2 Å². The summed E-state index contributed by atoms with van der Waals surface area (Å²) in [5, 5.41) is 9.77. The van der Waals surface area contributed by atoms with Crippen LogP contribution in [0.3, 0.4) is 0 Å². The molecule has 0 saturated heterocycles. The lowest BCUT2D eigenvalue weighted by atomic mass is 9.97. The Morgan fingerprint density at radius 2 is 1.09 bits per heavy atom. The fraction of sp³-hybridized carbons (Fsp3) is 0. The van der Waals surface area contributed by atoms with Gasteiger partial charge in [0.05, 0.1) is 5.69 Å². The maximum atomic E-state index is 6.23. The van der Waals surface area contributed by atoms with Gasteiger partial charge in [0.2, 0.25) is 0 Å². The van der Waals surface area contributed by atoms with E-state index in [1.165, 1.54) is 58.5 Å². The molecule has 2 nitrogen and oxygen atoms in total. The Morgan fingerprint density at radius 3 is 1.98 bits per heavy atom. The van der Waals surface area contributed by atoms with Crippen LogP contribution >= 0.6 is 11.3 Å². The summed E-state index contributed by atoms with van der Waals surface area (Å²) < 4.78 is 8.81. The zero-order valence-corrected chi connectivity index (χ0v) is 26.2. The average molecular weight is 618 g/mol. The number of hydrogen-bond acceptors (Lipinski definition) is 3. The van der Waals surface area contributed by atoms with Crippen LogP contribution in [0.5, 0.6) is 0 Å². The van der Waals surface area contributed by atoms with Crippen LogP contribution in [0.4, 0.5) is 17.1 Å². The van der Waals surface area contributed by atoms with E-state index in [-0.39, 0.29) is 0 Å². The van der Waals surface area contributed by atoms with Crippen molar-refractivity contribution in [3.8, 4) is 11.1 Å². The molecule has 0 aliphatic carbocycles. The standard InChI is InChI=1S/C44H27NOS/c1-2-9-28(10-3-1)29-19-22-34-30(25-29)17-18-31-26-32(20-23-35(31)34)45(33-21-24-41-38(27-33)36-11-4-6-14-40(36)46-41)39-13-8-16-43-44(39)37-12-5-7-15-42(37)47-43/h1-27H. The van der Waals surface area contributed by atoms with E-state index in [1.807, 2.05) is 23.5 Å². The quantitative estimate of drug-likeness (QED) is 0.183. The number of thiophene rings is 1. The number of furan rings is 1. The molecule has 0 aliphatic rings. The molecule has 0 unspecified atom stereocenters. The van der Waals surface area contributed by atoms with E-state index in [0.717, 1.165) is 33.3 Å². The second-order valence-electron chi connectivity index (χ2n) is 12.1. The van der Waals surface area contributed by atoms with E-state index >= 15 is 0 Å². The highest BCUT2D eigenvalue weighted by atomic mass is 32.1. The van der Waals surface area contributed by atoms with Crippen molar-refractivity contribution >= 4 is 92.1 Å². The minimum atomic E-state index is 0.897. The molecular formula is C44H27NOS. The highest BCUT2D eigenvalue weighted by molar-refractivity contribution is 7.26. The largest absolute Gasteiger partial charge is 0.456 e. The molecular weight excluding hydrogens is 591 g/mol. The summed E-state index contributed by atoms with van der Waals surface area (Å²) in [6.07, 6.45) is 0. The predicted molar refractivity (Wildman–Crippen MR) is 202 cm³/mol. The van der Waals surface area contributed by atoms with E-state index in [2.05, 4.69) is 157 Å². The highest BCUT2D eigenvalue weighted by Gasteiger charge is 2.20. The van der Waals surface area contributed by atoms with E-state index < -0.39 is 0 Å². The lowest BCUT2D eigenvalue weighted by Crippen LogP contribution is -2.10. The number of anilines is 3. The van der Waals surface area contributed by atoms with Gasteiger partial charge in [-0.15, -0.1) is 11.3 Å². The molecule has 0 spiro atoms. The Balaban J connectivity index is 1.20. The van der Waals surface area contributed by atoms with Crippen molar-refractivity contribution in [2.45, 2.75) is 0 Å². The molecule has 3 heteroatoms. The van der Waals surface area contributed by atoms with Gasteiger partial charge in [-0.25, -0.2) is 0 Å². The van der Waals surface area contributed by atoms with Gasteiger partial charge < -0.3 is 9.32 Å². The maximum Gasteiger partial charge on any atom is 0.135 e. The van der Waals surface area contributed by atoms with E-state index in [4.69, 9.17) is 4.42 Å². The summed E-state index contributed by atoms with van der Waals surface area (Å²) in [4.78, 5) is 2.42. The molecule has 10 aromatic rings. The van der Waals surface area contributed by atoms with E-state index in [0.29, 0.717) is 0 Å². The van der Waals surface area contributed by atoms with Crippen molar-refractivity contribution in [3.63, 3.8) is 0 Å². The zero-order valence-electron chi connectivity index (χ0n) is 25.4. The normalized spacial score (nSPS) is 11.8. The molecule has 0 aliphatic heterocycles. The zero-order chi connectivity index (χ0) is 30.9. The summed E-state index contributed by atoms with van der Waals surface area (Å²) in [6.45, 7) is 0. The first kappa shape index (κ1) is 26.3. The van der Waals surface area contributed by atoms with Crippen LogP contribution in [0.2, 0.25) is 0 Å². The van der Waals surface area contributed by atoms with Gasteiger partial charge in [-0.3, -0.25) is 0 Å². The monoisotopic (exact) mass is 617 g/mol. The number of nitrogens with zero attached hydrogens (tertiary/aromatic N) is 1. The molecule has 0 radical (unpaired) electrons. The van der Waals surface area contributed by atoms with Gasteiger partial charge in [-0.1, -0.05) is 103 Å². The van der Waals surface area contributed by atoms with Crippen LogP contribution < -0.4 is 4.90 Å². The van der Waals surface area contributed by atoms with Gasteiger partial charge >= 0.3 is 0 Å². The molecule has 8 aromatic carbocycles. The molecule has 0 fully saturated rings. The third-order valence-corrected chi connectivity index (χ3v) is 10.6. The highest BCUT2D eigenvalue weighted by Crippen LogP contribution is 2.46. The van der Waals surface area contributed by atoms with Crippen molar-refractivity contribution in [1.29, 1.82) is 0 Å². The number of para-hydroxylation sites is 1. The first-order chi connectivity index (χ1) is 23.3. The second kappa shape index (κ2) is 10.3. The Labute approximate surface area is 275 Å². The lowest BCUT2D eigenvalue weighted by Gasteiger charge is -2.27. The Bertz CT molecular complexity index is 2810. The van der Waals surface area contributed by atoms with Gasteiger partial charge in [-0.05, 0) is 93.3 Å². The van der Waals surface area contributed by atoms with Gasteiger partial charge in [-0.2, -0.15) is 0 Å². The van der Waals surface area contributed by atoms with Gasteiger partial charge in [0.25, 0.3) is 0 Å². The Morgan fingerprint density at radius 1 is 0.404 bits per heavy atom. The molecule has 0 N–H and O–H groups in total. The fourth-order valence-corrected chi connectivity index (χ4v) is 8.36. The van der Waals surface area contributed by atoms with Gasteiger partial charge in [0, 0.05) is 42.3 Å². The van der Waals surface area contributed by atoms with Crippen molar-refractivity contribution in [2.75, 3.05) is 4.90 Å². The van der Waals surface area contributed by atoms with Crippen molar-refractivity contribution in [3.05, 3.63) is 164 Å². The summed E-state index contributed by atoms with van der Waals surface area (Å²) in [7, 11) is 0. The third kappa shape index (κ3) is 4.17. The van der Waals surface area contributed by atoms with Crippen LogP contribution in [-0.2, 0) is 0 Å². The van der Waals surface area contributed by atoms with E-state index in [1.54, 1.807) is 0 Å². The summed E-state index contributed by atoms with van der Waals surface area (Å²) >= 11 is 1.85. The first-order valence-electron chi connectivity index (χ1n) is 15.9. The van der Waals surface area contributed by atoms with Crippen LogP contribution in [0.25, 0.3) is 74.8 Å². The number of rotatable bonds is 4. The molecule has 0 amide bonds. The topological polar surface area (TPSA) is 16.4 Å². The van der Waals surface area contributed by atoms with E-state index in [9.17, 15) is 0 Å². The summed E-state index contributed by atoms with van der Waals surface area (Å²) in [5.74, 6) is 0. The predicted octanol–water partition coefficient (Wildman–Crippen LogP) is 13.4. The third-order valence-electron chi connectivity index (χ3n) is 9.42. The summed E-state index contributed by atoms with van der Waals surface area (Å²) in [5.41, 5.74) is 7.66. The molecule has 2 heterocycles. The van der Waals surface area contributed by atoms with Crippen LogP contribution in [0, 0.1) is 0 Å². The van der Waals surface area contributed by atoms with Crippen LogP contribution in [0.1, 0.15) is 0 Å². The smallest absolute Gasteiger partial charge is 0.135 e. The number of hydrogen-bond donors (Lipinski definition) is 0. The van der Waals surface area contributed by atoms with Crippen LogP contribution in [-0.4, -0.2) is 0 Å². The van der Waals surface area contributed by atoms with Crippen LogP contribution in [0.15, 0.2) is 168 Å². The molecule has 47 heavy (non-hydrogen) atoms. The fourth-order valence-electron chi connectivity index (χ4n) is 7.23. The maximum absolute atomic E-state index is 6.23. The summed E-state index contributed by atoms with van der Waals surface area (Å²) in [6, 6.07) is 59.2. The Hall–Kier alpha value is -5.90. The lowest BCUT2D eigenvalue weighted by molar-refractivity contribution is 0.669.